The van der Waals surface area contributed by atoms with E-state index >= 15 is 0 Å². The molecule has 0 aromatic heterocycles. The van der Waals surface area contributed by atoms with Crippen molar-refractivity contribution < 1.29 is 85.6 Å². The van der Waals surface area contributed by atoms with Crippen LogP contribution in [0, 0.1) is 0 Å². The predicted molar refractivity (Wildman–Crippen MR) is 43.4 cm³/mol. The predicted octanol–water partition coefficient (Wildman–Crippen LogP) is -3.27. The Morgan fingerprint density at radius 3 is 0.421 bits per heavy atom. The first-order valence-corrected chi connectivity index (χ1v) is 6.00. The van der Waals surface area contributed by atoms with Crippen LogP contribution in [-0.4, -0.2) is 52.6 Å². The van der Waals surface area contributed by atoms with Crippen LogP contribution in [0.1, 0.15) is 0 Å². The summed E-state index contributed by atoms with van der Waals surface area (Å²) in [5, 5.41) is 0. The van der Waals surface area contributed by atoms with E-state index < -0.39 is 31.2 Å². The van der Waals surface area contributed by atoms with Crippen LogP contribution in [0.15, 0.2) is 0 Å². The molecule has 0 rings (SSSR count). The fourth-order valence-corrected chi connectivity index (χ4v) is 0. The Kier molecular flexibility index (Phi) is 37.3. The van der Waals surface area contributed by atoms with Crippen LogP contribution < -0.4 is 12.3 Å². The maximum absolute atomic E-state index is 8.52. The van der Waals surface area contributed by atoms with Crippen molar-refractivity contribution in [3.8, 4) is 0 Å². The van der Waals surface area contributed by atoms with Gasteiger partial charge in [-0.3, -0.25) is 25.3 Å². The van der Waals surface area contributed by atoms with Crippen molar-refractivity contribution in [2.75, 3.05) is 0 Å². The van der Waals surface area contributed by atoms with Crippen LogP contribution in [0.4, 0.5) is 0 Å². The summed E-state index contributed by atoms with van der Waals surface area (Å²) in [5.74, 6) is 0. The molecule has 0 fully saturated rings. The van der Waals surface area contributed by atoms with E-state index in [1.807, 2.05) is 0 Å². The molecule has 19 heteroatoms. The van der Waals surface area contributed by atoms with E-state index in [-0.39, 0.29) is 45.3 Å². The molecule has 8 N–H and O–H groups in total. The van der Waals surface area contributed by atoms with Gasteiger partial charge in [-0.05, 0) is 0 Å². The molecule has 0 spiro atoms. The third-order valence-corrected chi connectivity index (χ3v) is 0. The smallest absolute Gasteiger partial charge is 0.0311 e. The molecule has 0 aliphatic rings. The second-order valence-corrected chi connectivity index (χ2v) is 3.67. The minimum atomic E-state index is -5.17. The molecule has 14 nitrogen and oxygen atoms in total. The third-order valence-electron chi connectivity index (χ3n) is 0. The van der Waals surface area contributed by atoms with Crippen LogP contribution in [0.2, 0.25) is 0 Å². The van der Waals surface area contributed by atoms with Gasteiger partial charge in [0.2, 0.25) is 0 Å². The fourth-order valence-electron chi connectivity index (χ4n) is 0. The Bertz CT molecular complexity index is 350. The van der Waals surface area contributed by atoms with Crippen LogP contribution in [0.3, 0.4) is 0 Å². The quantitative estimate of drug-likeness (QED) is 0.212. The zero-order valence-electron chi connectivity index (χ0n) is 8.76. The summed E-state index contributed by atoms with van der Waals surface area (Å²) in [7, 11) is -15.5. The van der Waals surface area contributed by atoms with E-state index in [1.54, 1.807) is 0 Å². The Hall–Kier alpha value is 0.517. The van der Waals surface area contributed by atoms with Crippen molar-refractivity contribution in [3.63, 3.8) is 0 Å². The Balaban J connectivity index is -0.0000000206. The van der Waals surface area contributed by atoms with E-state index in [2.05, 4.69) is 0 Å². The SMILES string of the molecule is O=S(=O)([O-])[O-].O=S(=O)([O-])[O-].O=S(=O)([O-])[O-].[NH4+].[NH4+].[Ni].[Ni]. The summed E-state index contributed by atoms with van der Waals surface area (Å²) in [6.45, 7) is 0. The molecule has 0 saturated heterocycles. The Labute approximate surface area is 129 Å². The molecule has 0 bridgehead atoms. The number of hydrogen-bond acceptors (Lipinski definition) is 12. The zero-order valence-corrected chi connectivity index (χ0v) is 13.2. The van der Waals surface area contributed by atoms with Gasteiger partial charge in [-0.2, -0.15) is 0 Å². The van der Waals surface area contributed by atoms with Gasteiger partial charge in [0, 0.05) is 64.2 Å². The average Bonchev–Trinajstić information content (AvgIpc) is 1.41. The van der Waals surface area contributed by atoms with Crippen LogP contribution in [0.5, 0.6) is 0 Å². The molecular weight excluding hydrogens is 434 g/mol. The van der Waals surface area contributed by atoms with Gasteiger partial charge >= 0.3 is 0 Å². The number of rotatable bonds is 0. The maximum Gasteiger partial charge on any atom is 0.0311 e. The molecule has 0 atom stereocenters. The topological polar surface area (TPSA) is 314 Å². The van der Waals surface area contributed by atoms with Gasteiger partial charge in [0.15, 0.2) is 0 Å². The molecule has 0 heterocycles. The van der Waals surface area contributed by atoms with Crippen molar-refractivity contribution in [1.82, 2.24) is 12.3 Å². The van der Waals surface area contributed by atoms with Gasteiger partial charge in [-0.15, -0.1) is 0 Å². The minimum absolute atomic E-state index is 0. The van der Waals surface area contributed by atoms with Crippen molar-refractivity contribution in [1.29, 1.82) is 0 Å². The number of hydrogen-bond donors (Lipinski definition) is 2. The second kappa shape index (κ2) is 16.6. The van der Waals surface area contributed by atoms with Crippen molar-refractivity contribution >= 4 is 31.2 Å². The standard InChI is InChI=1S/2H3N.2Ni.3H2O4S/c;;;;3*1-5(2,3)4/h2*1H3;;;3*(H2,1,2,3,4)/p-4. The van der Waals surface area contributed by atoms with Crippen LogP contribution >= 0.6 is 0 Å². The molecule has 0 aromatic rings. The molecule has 19 heavy (non-hydrogen) atoms. The molecule has 132 valence electrons. The molecule has 0 amide bonds. The molecule has 0 aliphatic carbocycles. The first-order valence-electron chi connectivity index (χ1n) is 2.00. The molecular formula is H8N2Ni2O12S3-4. The summed E-state index contributed by atoms with van der Waals surface area (Å²) in [6.07, 6.45) is 0. The van der Waals surface area contributed by atoms with E-state index in [0.717, 1.165) is 0 Å². The average molecular weight is 442 g/mol. The summed E-state index contributed by atoms with van der Waals surface area (Å²) in [4.78, 5) is 0. The van der Waals surface area contributed by atoms with Gasteiger partial charge in [0.05, 0.1) is 0 Å². The van der Waals surface area contributed by atoms with E-state index in [4.69, 9.17) is 52.6 Å². The summed E-state index contributed by atoms with van der Waals surface area (Å²) >= 11 is 0. The maximum atomic E-state index is 8.52. The number of quaternary nitrogens is 2. The summed E-state index contributed by atoms with van der Waals surface area (Å²) in [5.41, 5.74) is 0. The van der Waals surface area contributed by atoms with Gasteiger partial charge in [-0.25, -0.2) is 0 Å². The molecule has 0 aromatic carbocycles. The van der Waals surface area contributed by atoms with E-state index in [1.165, 1.54) is 0 Å². The Morgan fingerprint density at radius 1 is 0.421 bits per heavy atom. The van der Waals surface area contributed by atoms with Crippen molar-refractivity contribution in [2.45, 2.75) is 0 Å². The van der Waals surface area contributed by atoms with Gasteiger partial charge in [0.1, 0.15) is 0 Å². The van der Waals surface area contributed by atoms with Crippen LogP contribution in [0.25, 0.3) is 0 Å². The van der Waals surface area contributed by atoms with E-state index in [0.29, 0.717) is 0 Å². The molecule has 0 aliphatic heterocycles. The van der Waals surface area contributed by atoms with Crippen molar-refractivity contribution in [3.05, 3.63) is 0 Å². The largest absolute Gasteiger partial charge is 0.759 e. The Morgan fingerprint density at radius 2 is 0.421 bits per heavy atom. The van der Waals surface area contributed by atoms with Crippen LogP contribution in [-0.2, 0) is 64.2 Å². The summed E-state index contributed by atoms with van der Waals surface area (Å²) < 4.78 is 102. The first-order chi connectivity index (χ1) is 6.00. The third kappa shape index (κ3) is 18900. The minimum Gasteiger partial charge on any atom is -0.759 e. The fraction of sp³-hybridized carbons (Fsp3) is 0. The van der Waals surface area contributed by atoms with Gasteiger partial charge in [0.25, 0.3) is 0 Å². The van der Waals surface area contributed by atoms with E-state index in [9.17, 15) is 0 Å². The molecule has 0 unspecified atom stereocenters. The first kappa shape index (κ1) is 42.7. The summed E-state index contributed by atoms with van der Waals surface area (Å²) in [6, 6.07) is 0. The monoisotopic (exact) mass is 440 g/mol. The zero-order chi connectivity index (χ0) is 13.5. The van der Waals surface area contributed by atoms with Gasteiger partial charge in [-0.1, -0.05) is 0 Å². The molecule has 0 saturated carbocycles. The second-order valence-electron chi connectivity index (χ2n) is 1.22. The molecule has 0 radical (unpaired) electrons. The normalized spacial score (nSPS) is 9.16. The van der Waals surface area contributed by atoms with Crippen molar-refractivity contribution in [2.24, 2.45) is 0 Å². The van der Waals surface area contributed by atoms with Gasteiger partial charge < -0.3 is 39.6 Å².